The van der Waals surface area contributed by atoms with Gasteiger partial charge in [0.2, 0.25) is 0 Å². The highest BCUT2D eigenvalue weighted by Gasteiger charge is 2.11. The molecule has 0 aliphatic carbocycles. The monoisotopic (exact) mass is 397 g/mol. The maximum absolute atomic E-state index is 10.4. The molecule has 0 saturated heterocycles. The molecular weight excluding hydrogens is 374 g/mol. The summed E-state index contributed by atoms with van der Waals surface area (Å²) in [5, 5.41) is 12.0. The number of rotatable bonds is 7. The topological polar surface area (TPSA) is 75.1 Å². The highest BCUT2D eigenvalue weighted by atomic mass is 35.5. The second kappa shape index (κ2) is 11.2. The number of nitrogens with one attached hydrogen (secondary N) is 1. The molecule has 0 radical (unpaired) electrons. The molecule has 1 aromatic heterocycles. The van der Waals surface area contributed by atoms with Crippen molar-refractivity contribution in [2.45, 2.75) is 26.2 Å². The summed E-state index contributed by atoms with van der Waals surface area (Å²) in [6.45, 7) is 2.09. The molecule has 2 aromatic carbocycles. The highest BCUT2D eigenvalue weighted by molar-refractivity contribution is 6.31. The zero-order chi connectivity index (χ0) is 20.4. The van der Waals surface area contributed by atoms with Crippen LogP contribution in [0.1, 0.15) is 25.3 Å². The van der Waals surface area contributed by atoms with Crippen molar-refractivity contribution in [2.75, 3.05) is 12.4 Å². The molecular formula is C22H24ClN3O2. The van der Waals surface area contributed by atoms with E-state index in [4.69, 9.17) is 16.7 Å². The molecule has 0 aliphatic rings. The molecule has 0 atom stereocenters. The van der Waals surface area contributed by atoms with Crippen LogP contribution in [0.2, 0.25) is 5.02 Å². The lowest BCUT2D eigenvalue weighted by Crippen LogP contribution is -1.96. The van der Waals surface area contributed by atoms with Crippen molar-refractivity contribution in [3.63, 3.8) is 0 Å². The molecule has 1 heterocycles. The predicted octanol–water partition coefficient (Wildman–Crippen LogP) is 5.03. The van der Waals surface area contributed by atoms with Crippen LogP contribution in [0.4, 0.5) is 5.82 Å². The lowest BCUT2D eigenvalue weighted by atomic mass is 9.98. The first kappa shape index (κ1) is 21.5. The minimum Gasteiger partial charge on any atom is -0.400 e. The lowest BCUT2D eigenvalue weighted by Gasteiger charge is -2.12. The van der Waals surface area contributed by atoms with E-state index < -0.39 is 0 Å². The highest BCUT2D eigenvalue weighted by Crippen LogP contribution is 2.33. The number of anilines is 1. The lowest BCUT2D eigenvalue weighted by molar-refractivity contribution is -0.107. The Kier molecular flexibility index (Phi) is 8.59. The molecule has 3 rings (SSSR count). The number of aryl methyl sites for hydroxylation is 1. The second-order valence-electron chi connectivity index (χ2n) is 5.87. The van der Waals surface area contributed by atoms with Crippen molar-refractivity contribution in [3.8, 4) is 11.1 Å². The van der Waals surface area contributed by atoms with Gasteiger partial charge in [-0.3, -0.25) is 0 Å². The standard InChI is InChI=1S/C21H20ClN3O.CH4O/c1-2-15-13-16(9-10-18(15)22)17-7-6-8-19-20(17)21(25-14-24-19)23-11-4-3-5-12-26;1-2/h4,6-14H,2-3,5H2,1H3,(H,23,24,25);2H,1H3/b11-4+;. The molecule has 0 fully saturated rings. The first-order valence-electron chi connectivity index (χ1n) is 9.07. The number of fused-ring (bicyclic) bond motifs is 1. The predicted molar refractivity (Wildman–Crippen MR) is 116 cm³/mol. The van der Waals surface area contributed by atoms with Crippen LogP contribution in [0.5, 0.6) is 0 Å². The van der Waals surface area contributed by atoms with Gasteiger partial charge in [-0.2, -0.15) is 0 Å². The van der Waals surface area contributed by atoms with E-state index in [1.54, 1.807) is 6.33 Å². The number of carbonyl (C=O) groups is 1. The van der Waals surface area contributed by atoms with Crippen molar-refractivity contribution in [1.82, 2.24) is 9.97 Å². The van der Waals surface area contributed by atoms with Gasteiger partial charge in [-0.25, -0.2) is 9.97 Å². The third-order valence-electron chi connectivity index (χ3n) is 4.19. The summed E-state index contributed by atoms with van der Waals surface area (Å²) in [5.74, 6) is 0.737. The summed E-state index contributed by atoms with van der Waals surface area (Å²) < 4.78 is 0. The Morgan fingerprint density at radius 1 is 1.14 bits per heavy atom. The van der Waals surface area contributed by atoms with Crippen molar-refractivity contribution in [2.24, 2.45) is 0 Å². The summed E-state index contributed by atoms with van der Waals surface area (Å²) in [6.07, 6.45) is 8.28. The molecule has 5 nitrogen and oxygen atoms in total. The Morgan fingerprint density at radius 2 is 1.96 bits per heavy atom. The third kappa shape index (κ3) is 5.15. The number of benzene rings is 2. The third-order valence-corrected chi connectivity index (χ3v) is 4.56. The van der Waals surface area contributed by atoms with Crippen molar-refractivity contribution in [1.29, 1.82) is 0 Å². The Balaban J connectivity index is 0.00000136. The number of nitrogens with zero attached hydrogens (tertiary/aromatic N) is 2. The second-order valence-corrected chi connectivity index (χ2v) is 6.28. The fourth-order valence-electron chi connectivity index (χ4n) is 2.86. The van der Waals surface area contributed by atoms with Crippen LogP contribution >= 0.6 is 11.6 Å². The number of allylic oxidation sites excluding steroid dienone is 1. The number of aromatic nitrogens is 2. The zero-order valence-electron chi connectivity index (χ0n) is 16.0. The van der Waals surface area contributed by atoms with Gasteiger partial charge in [0.05, 0.1) is 10.9 Å². The summed E-state index contributed by atoms with van der Waals surface area (Å²) in [5.41, 5.74) is 4.12. The fourth-order valence-corrected chi connectivity index (χ4v) is 3.11. The Hall–Kier alpha value is -2.76. The minimum absolute atomic E-state index is 0.512. The van der Waals surface area contributed by atoms with Gasteiger partial charge in [0.1, 0.15) is 18.4 Å². The average molecular weight is 398 g/mol. The van der Waals surface area contributed by atoms with Gasteiger partial charge in [0.15, 0.2) is 0 Å². The van der Waals surface area contributed by atoms with Crippen molar-refractivity contribution >= 4 is 34.6 Å². The number of carbonyl (C=O) groups excluding carboxylic acids is 1. The Morgan fingerprint density at radius 3 is 2.71 bits per heavy atom. The van der Waals surface area contributed by atoms with E-state index in [1.165, 1.54) is 0 Å². The average Bonchev–Trinajstić information content (AvgIpc) is 2.75. The van der Waals surface area contributed by atoms with Crippen LogP contribution in [-0.2, 0) is 11.2 Å². The molecule has 0 amide bonds. The fraction of sp³-hybridized carbons (Fsp3) is 0.227. The maximum Gasteiger partial charge on any atom is 0.141 e. The number of unbranched alkanes of at least 4 members (excludes halogenated alkanes) is 1. The maximum atomic E-state index is 10.4. The first-order chi connectivity index (χ1) is 13.7. The first-order valence-corrected chi connectivity index (χ1v) is 9.44. The number of aliphatic hydroxyl groups is 1. The summed E-state index contributed by atoms with van der Waals surface area (Å²) >= 11 is 6.27. The van der Waals surface area contributed by atoms with Gasteiger partial charge in [-0.15, -0.1) is 0 Å². The summed E-state index contributed by atoms with van der Waals surface area (Å²) in [7, 11) is 1.00. The quantitative estimate of drug-likeness (QED) is 0.432. The largest absolute Gasteiger partial charge is 0.400 e. The van der Waals surface area contributed by atoms with E-state index in [2.05, 4.69) is 34.3 Å². The zero-order valence-corrected chi connectivity index (χ0v) is 16.8. The van der Waals surface area contributed by atoms with E-state index in [0.717, 1.165) is 58.3 Å². The number of hydrogen-bond acceptors (Lipinski definition) is 5. The van der Waals surface area contributed by atoms with E-state index in [9.17, 15) is 4.79 Å². The van der Waals surface area contributed by atoms with Gasteiger partial charge in [0.25, 0.3) is 0 Å². The van der Waals surface area contributed by atoms with E-state index in [1.807, 2.05) is 36.5 Å². The summed E-state index contributed by atoms with van der Waals surface area (Å²) in [4.78, 5) is 19.2. The van der Waals surface area contributed by atoms with E-state index >= 15 is 0 Å². The molecule has 6 heteroatoms. The van der Waals surface area contributed by atoms with Crippen LogP contribution in [0.25, 0.3) is 22.0 Å². The number of aliphatic hydroxyl groups excluding tert-OH is 1. The van der Waals surface area contributed by atoms with Gasteiger partial charge < -0.3 is 15.2 Å². The smallest absolute Gasteiger partial charge is 0.141 e. The SMILES string of the molecule is CCc1cc(-c2cccc3ncnc(N/C=C/CCC=O)c23)ccc1Cl.CO. The minimum atomic E-state index is 0.512. The van der Waals surface area contributed by atoms with E-state index in [-0.39, 0.29) is 0 Å². The van der Waals surface area contributed by atoms with E-state index in [0.29, 0.717) is 12.8 Å². The number of aldehydes is 1. The molecule has 146 valence electrons. The number of halogens is 1. The molecule has 2 N–H and O–H groups in total. The van der Waals surface area contributed by atoms with Gasteiger partial charge >= 0.3 is 0 Å². The molecule has 3 aromatic rings. The molecule has 0 bridgehead atoms. The van der Waals surface area contributed by atoms with Crippen molar-refractivity contribution in [3.05, 3.63) is 65.6 Å². The Labute approximate surface area is 170 Å². The Bertz CT molecular complexity index is 952. The summed E-state index contributed by atoms with van der Waals surface area (Å²) in [6, 6.07) is 12.1. The molecule has 0 unspecified atom stereocenters. The van der Waals surface area contributed by atoms with Crippen LogP contribution in [-0.4, -0.2) is 28.5 Å². The van der Waals surface area contributed by atoms with Gasteiger partial charge in [-0.05, 0) is 53.9 Å². The van der Waals surface area contributed by atoms with Gasteiger partial charge in [-0.1, -0.05) is 42.8 Å². The molecule has 0 aliphatic heterocycles. The van der Waals surface area contributed by atoms with Crippen LogP contribution in [0.15, 0.2) is 55.0 Å². The molecule has 0 spiro atoms. The molecule has 0 saturated carbocycles. The van der Waals surface area contributed by atoms with Crippen LogP contribution in [0.3, 0.4) is 0 Å². The number of hydrogen-bond donors (Lipinski definition) is 2. The normalized spacial score (nSPS) is 10.6. The van der Waals surface area contributed by atoms with Crippen LogP contribution in [0, 0.1) is 0 Å². The van der Waals surface area contributed by atoms with Crippen LogP contribution < -0.4 is 5.32 Å². The van der Waals surface area contributed by atoms with Gasteiger partial charge in [0, 0.05) is 18.6 Å². The molecule has 28 heavy (non-hydrogen) atoms. The van der Waals surface area contributed by atoms with Crippen molar-refractivity contribution < 1.29 is 9.90 Å².